The highest BCUT2D eigenvalue weighted by atomic mass is 16.4. The molecule has 0 aromatic carbocycles. The number of unbranched alkanes of at least 4 members (excludes halogenated alkanes) is 5. The van der Waals surface area contributed by atoms with E-state index in [1.807, 2.05) is 0 Å². The zero-order chi connectivity index (χ0) is 17.2. The third kappa shape index (κ3) is 5.88. The van der Waals surface area contributed by atoms with E-state index in [1.165, 1.54) is 32.1 Å². The molecule has 134 valence electrons. The highest BCUT2D eigenvalue weighted by Gasteiger charge is 2.45. The van der Waals surface area contributed by atoms with Gasteiger partial charge >= 0.3 is 5.97 Å². The fourth-order valence-electron chi connectivity index (χ4n) is 3.82. The number of aliphatic carboxylic acids is 1. The number of carbonyl (C=O) groups is 1. The molecule has 1 saturated carbocycles. The second kappa shape index (κ2) is 10.4. The second-order valence-electron chi connectivity index (χ2n) is 7.11. The molecule has 1 heterocycles. The molecule has 4 atom stereocenters. The Labute approximate surface area is 146 Å². The number of fused-ring (bicyclic) bond motifs is 2. The maximum Gasteiger partial charge on any atom is 0.303 e. The molecule has 1 aliphatic carbocycles. The molecule has 1 N–H and O–H groups in total. The van der Waals surface area contributed by atoms with Gasteiger partial charge in [-0.2, -0.15) is 10.2 Å². The Morgan fingerprint density at radius 3 is 2.62 bits per heavy atom. The van der Waals surface area contributed by atoms with Crippen LogP contribution in [0.5, 0.6) is 0 Å². The molecule has 2 rings (SSSR count). The van der Waals surface area contributed by atoms with Gasteiger partial charge < -0.3 is 5.11 Å². The van der Waals surface area contributed by atoms with Gasteiger partial charge in [0.25, 0.3) is 0 Å². The number of rotatable bonds is 12. The van der Waals surface area contributed by atoms with E-state index < -0.39 is 5.97 Å². The molecule has 0 amide bonds. The summed E-state index contributed by atoms with van der Waals surface area (Å²) in [6.07, 6.45) is 19.6. The molecular formula is C20H32N2O2. The van der Waals surface area contributed by atoms with Crippen molar-refractivity contribution in [2.75, 3.05) is 0 Å². The average Bonchev–Trinajstić information content (AvgIpc) is 3.15. The molecule has 4 heteroatoms. The van der Waals surface area contributed by atoms with Crippen molar-refractivity contribution in [1.29, 1.82) is 0 Å². The first-order valence-corrected chi connectivity index (χ1v) is 9.65. The number of hydrogen-bond donors (Lipinski definition) is 1. The molecule has 0 aromatic heterocycles. The first kappa shape index (κ1) is 18.9. The van der Waals surface area contributed by atoms with Gasteiger partial charge in [0.1, 0.15) is 0 Å². The molecule has 3 unspecified atom stereocenters. The van der Waals surface area contributed by atoms with Crippen molar-refractivity contribution in [3.8, 4) is 0 Å². The van der Waals surface area contributed by atoms with Crippen molar-refractivity contribution < 1.29 is 9.90 Å². The summed E-state index contributed by atoms with van der Waals surface area (Å²) >= 11 is 0. The second-order valence-corrected chi connectivity index (χ2v) is 7.11. The lowest BCUT2D eigenvalue weighted by Gasteiger charge is -2.22. The van der Waals surface area contributed by atoms with Gasteiger partial charge in [-0.3, -0.25) is 4.79 Å². The lowest BCUT2D eigenvalue weighted by atomic mass is 9.87. The number of nitrogens with zero attached hydrogens (tertiary/aromatic N) is 2. The van der Waals surface area contributed by atoms with Crippen LogP contribution in [0, 0.1) is 11.8 Å². The quantitative estimate of drug-likeness (QED) is 0.376. The van der Waals surface area contributed by atoms with Crippen LogP contribution < -0.4 is 0 Å². The Kier molecular flexibility index (Phi) is 8.20. The van der Waals surface area contributed by atoms with Crippen LogP contribution in [0.4, 0.5) is 0 Å². The van der Waals surface area contributed by atoms with Gasteiger partial charge in [-0.05, 0) is 44.4 Å². The van der Waals surface area contributed by atoms with E-state index >= 15 is 0 Å². The Morgan fingerprint density at radius 1 is 1.04 bits per heavy atom. The lowest BCUT2D eigenvalue weighted by molar-refractivity contribution is -0.137. The van der Waals surface area contributed by atoms with Crippen molar-refractivity contribution >= 4 is 5.97 Å². The van der Waals surface area contributed by atoms with Gasteiger partial charge in [-0.15, -0.1) is 0 Å². The van der Waals surface area contributed by atoms with Crippen LogP contribution in [0.1, 0.15) is 71.1 Å². The Hall–Kier alpha value is -1.45. The van der Waals surface area contributed by atoms with Crippen LogP contribution in [0.15, 0.2) is 34.5 Å². The van der Waals surface area contributed by atoms with Crippen LogP contribution in [-0.2, 0) is 4.79 Å². The van der Waals surface area contributed by atoms with Gasteiger partial charge in [0.15, 0.2) is 0 Å². The molecule has 1 fully saturated rings. The Bertz CT molecular complexity index is 470. The number of allylic oxidation sites excluding steroid dienone is 3. The number of carboxylic acids is 1. The summed E-state index contributed by atoms with van der Waals surface area (Å²) in [5.74, 6) is 0.415. The lowest BCUT2D eigenvalue weighted by Crippen LogP contribution is -2.21. The zero-order valence-electron chi connectivity index (χ0n) is 14.9. The van der Waals surface area contributed by atoms with Crippen molar-refractivity contribution in [2.24, 2.45) is 22.1 Å². The number of carboxylic acid groups (broad SMARTS) is 1. The van der Waals surface area contributed by atoms with E-state index in [0.29, 0.717) is 23.9 Å². The fourth-order valence-corrected chi connectivity index (χ4v) is 3.82. The van der Waals surface area contributed by atoms with E-state index in [-0.39, 0.29) is 6.42 Å². The van der Waals surface area contributed by atoms with E-state index in [2.05, 4.69) is 41.5 Å². The van der Waals surface area contributed by atoms with Crippen LogP contribution in [-0.4, -0.2) is 23.2 Å². The monoisotopic (exact) mass is 332 g/mol. The topological polar surface area (TPSA) is 62.0 Å². The van der Waals surface area contributed by atoms with Gasteiger partial charge in [-0.25, -0.2) is 0 Å². The predicted molar refractivity (Wildman–Crippen MR) is 97.2 cm³/mol. The number of hydrogen-bond acceptors (Lipinski definition) is 3. The first-order chi connectivity index (χ1) is 11.7. The normalized spacial score (nSPS) is 28.5. The minimum absolute atomic E-state index is 0.260. The minimum Gasteiger partial charge on any atom is -0.481 e. The van der Waals surface area contributed by atoms with Crippen molar-refractivity contribution in [2.45, 2.75) is 83.2 Å². The largest absolute Gasteiger partial charge is 0.481 e. The molecule has 24 heavy (non-hydrogen) atoms. The summed E-state index contributed by atoms with van der Waals surface area (Å²) in [7, 11) is 0. The smallest absolute Gasteiger partial charge is 0.303 e. The summed E-state index contributed by atoms with van der Waals surface area (Å²) < 4.78 is 0. The first-order valence-electron chi connectivity index (χ1n) is 9.65. The predicted octanol–water partition coefficient (Wildman–Crippen LogP) is 5.55. The molecule has 1 aliphatic heterocycles. The fraction of sp³-hybridized carbons (Fsp3) is 0.750. The average molecular weight is 332 g/mol. The molecule has 0 aromatic rings. The Balaban J connectivity index is 1.73. The summed E-state index contributed by atoms with van der Waals surface area (Å²) in [6.45, 7) is 2.25. The SMILES string of the molecule is CCCCCCC=C[C@H]1C2CC(N=N2)C1CC=CCCCC(=O)O. The molecule has 0 spiro atoms. The van der Waals surface area contributed by atoms with E-state index in [1.54, 1.807) is 0 Å². The maximum absolute atomic E-state index is 10.5. The van der Waals surface area contributed by atoms with Crippen LogP contribution in [0.3, 0.4) is 0 Å². The number of azo groups is 1. The van der Waals surface area contributed by atoms with E-state index in [4.69, 9.17) is 5.11 Å². The van der Waals surface area contributed by atoms with Crippen LogP contribution in [0.25, 0.3) is 0 Å². The highest BCUT2D eigenvalue weighted by Crippen LogP contribution is 2.44. The van der Waals surface area contributed by atoms with E-state index in [0.717, 1.165) is 25.7 Å². The molecule has 4 nitrogen and oxygen atoms in total. The zero-order valence-corrected chi connectivity index (χ0v) is 14.9. The van der Waals surface area contributed by atoms with Gasteiger partial charge in [0, 0.05) is 12.3 Å². The molecule has 2 bridgehead atoms. The van der Waals surface area contributed by atoms with Gasteiger partial charge in [0.05, 0.1) is 12.1 Å². The summed E-state index contributed by atoms with van der Waals surface area (Å²) in [4.78, 5) is 10.5. The molecule has 2 aliphatic rings. The molecule has 0 saturated heterocycles. The maximum atomic E-state index is 10.5. The van der Waals surface area contributed by atoms with Gasteiger partial charge in [0.2, 0.25) is 0 Å². The van der Waals surface area contributed by atoms with Crippen LogP contribution in [0.2, 0.25) is 0 Å². The third-order valence-corrected chi connectivity index (χ3v) is 5.20. The van der Waals surface area contributed by atoms with E-state index in [9.17, 15) is 4.79 Å². The Morgan fingerprint density at radius 2 is 1.83 bits per heavy atom. The summed E-state index contributed by atoms with van der Waals surface area (Å²) in [5, 5.41) is 17.5. The molecule has 0 radical (unpaired) electrons. The standard InChI is InChI=1S/C20H32N2O2/c1-2-3-4-5-6-9-12-16-17(19-15-18(16)21-22-19)13-10-7-8-11-14-20(23)24/h7,9-10,12,16-19H,2-6,8,11,13-15H2,1H3,(H,23,24)/t16-,17?,18?,19?/m1/s1. The third-order valence-electron chi connectivity index (χ3n) is 5.20. The van der Waals surface area contributed by atoms with Crippen molar-refractivity contribution in [3.05, 3.63) is 24.3 Å². The van der Waals surface area contributed by atoms with Crippen molar-refractivity contribution in [1.82, 2.24) is 0 Å². The highest BCUT2D eigenvalue weighted by molar-refractivity contribution is 5.66. The summed E-state index contributed by atoms with van der Waals surface area (Å²) in [5.41, 5.74) is 0. The summed E-state index contributed by atoms with van der Waals surface area (Å²) in [6, 6.07) is 0.792. The molecular weight excluding hydrogens is 300 g/mol. The van der Waals surface area contributed by atoms with Crippen LogP contribution >= 0.6 is 0 Å². The van der Waals surface area contributed by atoms with Gasteiger partial charge in [-0.1, -0.05) is 50.5 Å². The minimum atomic E-state index is -0.707. The van der Waals surface area contributed by atoms with Crippen molar-refractivity contribution in [3.63, 3.8) is 0 Å².